The molecule has 1 saturated heterocycles. The van der Waals surface area contributed by atoms with Gasteiger partial charge in [0, 0.05) is 46.0 Å². The van der Waals surface area contributed by atoms with E-state index in [2.05, 4.69) is 28.9 Å². The maximum absolute atomic E-state index is 13.9. The van der Waals surface area contributed by atoms with Gasteiger partial charge in [-0.2, -0.15) is 4.98 Å². The molecular formula is C25H27FN6O2. The highest BCUT2D eigenvalue weighted by molar-refractivity contribution is 5.75. The van der Waals surface area contributed by atoms with Crippen molar-refractivity contribution in [3.05, 3.63) is 86.3 Å². The van der Waals surface area contributed by atoms with Gasteiger partial charge in [-0.05, 0) is 36.2 Å². The fourth-order valence-electron chi connectivity index (χ4n) is 4.71. The summed E-state index contributed by atoms with van der Waals surface area (Å²) >= 11 is 0. The first-order valence-electron chi connectivity index (χ1n) is 11.3. The van der Waals surface area contributed by atoms with Crippen molar-refractivity contribution in [1.29, 1.82) is 0 Å². The average Bonchev–Trinajstić information content (AvgIpc) is 3.21. The van der Waals surface area contributed by atoms with E-state index in [1.165, 1.54) is 35.0 Å². The Morgan fingerprint density at radius 2 is 1.62 bits per heavy atom. The summed E-state index contributed by atoms with van der Waals surface area (Å²) < 4.78 is 18.2. The lowest BCUT2D eigenvalue weighted by Gasteiger charge is -2.37. The van der Waals surface area contributed by atoms with Crippen LogP contribution in [0.25, 0.3) is 11.2 Å². The molecule has 2 aromatic carbocycles. The molecule has 34 heavy (non-hydrogen) atoms. The lowest BCUT2D eigenvalue weighted by molar-refractivity contribution is 0.616. The Morgan fingerprint density at radius 3 is 2.32 bits per heavy atom. The van der Waals surface area contributed by atoms with Crippen LogP contribution in [0.15, 0.2) is 58.1 Å². The summed E-state index contributed by atoms with van der Waals surface area (Å²) in [6, 6.07) is 14.6. The Labute approximate surface area is 196 Å². The fraction of sp³-hybridized carbons (Fsp3) is 0.320. The zero-order valence-corrected chi connectivity index (χ0v) is 19.5. The van der Waals surface area contributed by atoms with Gasteiger partial charge in [0.1, 0.15) is 5.82 Å². The lowest BCUT2D eigenvalue weighted by atomic mass is 10.1. The first kappa shape index (κ1) is 21.9. The normalized spacial score (nSPS) is 14.2. The molecule has 0 bridgehead atoms. The Balaban J connectivity index is 1.57. The molecule has 4 aromatic rings. The van der Waals surface area contributed by atoms with Crippen LogP contribution in [0.4, 0.5) is 16.0 Å². The van der Waals surface area contributed by atoms with E-state index in [-0.39, 0.29) is 12.4 Å². The minimum atomic E-state index is -0.427. The minimum absolute atomic E-state index is 0.273. The third kappa shape index (κ3) is 3.67. The quantitative estimate of drug-likeness (QED) is 0.466. The zero-order chi connectivity index (χ0) is 24.0. The molecule has 0 N–H and O–H groups in total. The molecule has 0 radical (unpaired) electrons. The highest BCUT2D eigenvalue weighted by Gasteiger charge is 2.26. The number of hydrogen-bond donors (Lipinski definition) is 0. The number of imidazole rings is 1. The van der Waals surface area contributed by atoms with Gasteiger partial charge in [-0.3, -0.25) is 18.5 Å². The maximum Gasteiger partial charge on any atom is 0.332 e. The molecule has 0 unspecified atom stereocenters. The highest BCUT2D eigenvalue weighted by Crippen LogP contribution is 2.25. The number of halogens is 1. The molecular weight excluding hydrogens is 435 g/mol. The van der Waals surface area contributed by atoms with Crippen molar-refractivity contribution in [3.8, 4) is 0 Å². The van der Waals surface area contributed by atoms with E-state index >= 15 is 0 Å². The second-order valence-electron chi connectivity index (χ2n) is 8.77. The molecule has 0 atom stereocenters. The lowest BCUT2D eigenvalue weighted by Crippen LogP contribution is -2.47. The first-order chi connectivity index (χ1) is 16.3. The van der Waals surface area contributed by atoms with E-state index in [0.717, 1.165) is 23.2 Å². The Kier molecular flexibility index (Phi) is 5.47. The number of fused-ring (bicyclic) bond motifs is 1. The number of anilines is 2. The van der Waals surface area contributed by atoms with Crippen LogP contribution in [-0.2, 0) is 20.6 Å². The van der Waals surface area contributed by atoms with E-state index in [1.54, 1.807) is 13.1 Å². The van der Waals surface area contributed by atoms with Crippen molar-refractivity contribution in [3.63, 3.8) is 0 Å². The number of nitrogens with zero attached hydrogens (tertiary/aromatic N) is 6. The third-order valence-corrected chi connectivity index (χ3v) is 6.58. The molecule has 3 heterocycles. The summed E-state index contributed by atoms with van der Waals surface area (Å²) in [5.41, 5.74) is 3.00. The maximum atomic E-state index is 13.9. The van der Waals surface area contributed by atoms with Crippen molar-refractivity contribution >= 4 is 22.8 Å². The molecule has 1 fully saturated rings. The van der Waals surface area contributed by atoms with Gasteiger partial charge >= 0.3 is 5.69 Å². The Bertz CT molecular complexity index is 1490. The second kappa shape index (κ2) is 8.48. The predicted molar refractivity (Wildman–Crippen MR) is 131 cm³/mol. The summed E-state index contributed by atoms with van der Waals surface area (Å²) in [4.78, 5) is 34.9. The molecule has 1 aliphatic heterocycles. The van der Waals surface area contributed by atoms with Crippen LogP contribution < -0.4 is 21.0 Å². The number of benzene rings is 2. The van der Waals surface area contributed by atoms with Crippen molar-refractivity contribution in [2.45, 2.75) is 13.5 Å². The van der Waals surface area contributed by atoms with Gasteiger partial charge in [-0.15, -0.1) is 0 Å². The molecule has 2 aromatic heterocycles. The predicted octanol–water partition coefficient (Wildman–Crippen LogP) is 2.26. The van der Waals surface area contributed by atoms with Crippen LogP contribution in [0.2, 0.25) is 0 Å². The Morgan fingerprint density at radius 1 is 0.912 bits per heavy atom. The van der Waals surface area contributed by atoms with Gasteiger partial charge in [0.05, 0.1) is 6.54 Å². The number of hydrogen-bond acceptors (Lipinski definition) is 5. The van der Waals surface area contributed by atoms with Crippen molar-refractivity contribution in [1.82, 2.24) is 18.7 Å². The topological polar surface area (TPSA) is 68.3 Å². The molecule has 0 aliphatic carbocycles. The molecule has 176 valence electrons. The summed E-state index contributed by atoms with van der Waals surface area (Å²) in [5, 5.41) is 0. The van der Waals surface area contributed by atoms with Crippen LogP contribution in [0.3, 0.4) is 0 Å². The monoisotopic (exact) mass is 462 g/mol. The van der Waals surface area contributed by atoms with Gasteiger partial charge in [-0.25, -0.2) is 9.18 Å². The van der Waals surface area contributed by atoms with E-state index < -0.39 is 11.2 Å². The molecule has 5 rings (SSSR count). The smallest absolute Gasteiger partial charge is 0.332 e. The summed E-state index contributed by atoms with van der Waals surface area (Å²) in [7, 11) is 3.08. The number of piperazine rings is 1. The SMILES string of the molecule is Cc1ccccc1N1CCN(c2nc3c(c(=O)n(C)c(=O)n3C)n2Cc2cccc(F)c2)CC1. The van der Waals surface area contributed by atoms with Crippen LogP contribution >= 0.6 is 0 Å². The second-order valence-corrected chi connectivity index (χ2v) is 8.77. The van der Waals surface area contributed by atoms with Crippen LogP contribution in [0.5, 0.6) is 0 Å². The number of rotatable bonds is 4. The molecule has 0 amide bonds. The molecule has 8 nitrogen and oxygen atoms in total. The number of aromatic nitrogens is 4. The number of aryl methyl sites for hydroxylation is 2. The van der Waals surface area contributed by atoms with Crippen molar-refractivity contribution in [2.75, 3.05) is 36.0 Å². The summed E-state index contributed by atoms with van der Waals surface area (Å²) in [5.74, 6) is 0.276. The largest absolute Gasteiger partial charge is 0.368 e. The molecule has 1 aliphatic rings. The highest BCUT2D eigenvalue weighted by atomic mass is 19.1. The standard InChI is InChI=1S/C25H27FN6O2/c1-17-7-4-5-10-20(17)30-11-13-31(14-12-30)24-27-22-21(23(33)29(3)25(34)28(22)2)32(24)16-18-8-6-9-19(26)15-18/h4-10,15H,11-14,16H2,1-3H3. The van der Waals surface area contributed by atoms with Crippen molar-refractivity contribution < 1.29 is 4.39 Å². The molecule has 9 heteroatoms. The van der Waals surface area contributed by atoms with Crippen LogP contribution in [0, 0.1) is 12.7 Å². The van der Waals surface area contributed by atoms with Gasteiger partial charge in [-0.1, -0.05) is 30.3 Å². The average molecular weight is 463 g/mol. The molecule has 0 saturated carbocycles. The van der Waals surface area contributed by atoms with Gasteiger partial charge in [0.15, 0.2) is 11.2 Å². The first-order valence-corrected chi connectivity index (χ1v) is 11.3. The minimum Gasteiger partial charge on any atom is -0.368 e. The fourth-order valence-corrected chi connectivity index (χ4v) is 4.71. The van der Waals surface area contributed by atoms with Gasteiger partial charge in [0.2, 0.25) is 5.95 Å². The van der Waals surface area contributed by atoms with E-state index in [4.69, 9.17) is 4.98 Å². The molecule has 0 spiro atoms. The van der Waals surface area contributed by atoms with Crippen molar-refractivity contribution in [2.24, 2.45) is 14.1 Å². The number of para-hydroxylation sites is 1. The van der Waals surface area contributed by atoms with Crippen LogP contribution in [0.1, 0.15) is 11.1 Å². The van der Waals surface area contributed by atoms with Crippen LogP contribution in [-0.4, -0.2) is 44.9 Å². The summed E-state index contributed by atoms with van der Waals surface area (Å²) in [6.45, 7) is 5.38. The van der Waals surface area contributed by atoms with Gasteiger partial charge in [0.25, 0.3) is 5.56 Å². The van der Waals surface area contributed by atoms with E-state index in [9.17, 15) is 14.0 Å². The zero-order valence-electron chi connectivity index (χ0n) is 19.5. The van der Waals surface area contributed by atoms with Gasteiger partial charge < -0.3 is 9.80 Å². The third-order valence-electron chi connectivity index (χ3n) is 6.58. The van der Waals surface area contributed by atoms with E-state index in [0.29, 0.717) is 30.2 Å². The Hall–Kier alpha value is -3.88. The summed E-state index contributed by atoms with van der Waals surface area (Å²) in [6.07, 6.45) is 0. The van der Waals surface area contributed by atoms with E-state index in [1.807, 2.05) is 22.8 Å².